The number of amides is 1. The Kier molecular flexibility index (Phi) is 6.02. The molecule has 1 unspecified atom stereocenters. The summed E-state index contributed by atoms with van der Waals surface area (Å²) in [5, 5.41) is 8.54. The van der Waals surface area contributed by atoms with Crippen LogP contribution in [-0.4, -0.2) is 37.4 Å². The Morgan fingerprint density at radius 1 is 1.40 bits per heavy atom. The van der Waals surface area contributed by atoms with E-state index in [0.29, 0.717) is 0 Å². The summed E-state index contributed by atoms with van der Waals surface area (Å²) in [5.74, 6) is 0.0420. The molecule has 0 aliphatic heterocycles. The van der Waals surface area contributed by atoms with E-state index in [1.54, 1.807) is 18.3 Å². The molecule has 2 rings (SSSR count). The van der Waals surface area contributed by atoms with Gasteiger partial charge in [-0.1, -0.05) is 25.1 Å². The molecular weight excluding hydrogens is 362 g/mol. The lowest BCUT2D eigenvalue weighted by Crippen LogP contribution is -2.41. The maximum absolute atomic E-state index is 12.7. The van der Waals surface area contributed by atoms with E-state index in [1.165, 1.54) is 14.0 Å². The lowest BCUT2D eigenvalue weighted by atomic mass is 10.0. The fourth-order valence-corrected chi connectivity index (χ4v) is 4.90. The standard InChI is InChI=1S/C16H23N3O4S2/c1-10(2)15(13-7-6-8-24-13)17-14(20)9-19(5)25(21,22)16-11(3)18-23-12(16)4/h6-8,10,15H,9H2,1-5H3,(H,17,20). The summed E-state index contributed by atoms with van der Waals surface area (Å²) in [7, 11) is -2.47. The Balaban J connectivity index is 2.12. The summed E-state index contributed by atoms with van der Waals surface area (Å²) >= 11 is 1.56. The topological polar surface area (TPSA) is 92.5 Å². The number of carbonyl (C=O) groups is 1. The Morgan fingerprint density at radius 3 is 2.56 bits per heavy atom. The summed E-state index contributed by atoms with van der Waals surface area (Å²) in [6, 6.07) is 3.73. The highest BCUT2D eigenvalue weighted by Crippen LogP contribution is 2.26. The molecular formula is C16H23N3O4S2. The van der Waals surface area contributed by atoms with Crippen molar-refractivity contribution in [1.29, 1.82) is 0 Å². The van der Waals surface area contributed by atoms with Gasteiger partial charge in [-0.25, -0.2) is 8.42 Å². The second-order valence-electron chi connectivity index (χ2n) is 6.22. The van der Waals surface area contributed by atoms with E-state index in [0.717, 1.165) is 9.18 Å². The minimum Gasteiger partial charge on any atom is -0.360 e. The average molecular weight is 386 g/mol. The van der Waals surface area contributed by atoms with Crippen LogP contribution < -0.4 is 5.32 Å². The highest BCUT2D eigenvalue weighted by Gasteiger charge is 2.30. The van der Waals surface area contributed by atoms with Crippen molar-refractivity contribution in [2.24, 2.45) is 5.92 Å². The first-order valence-electron chi connectivity index (χ1n) is 7.86. The molecule has 1 amide bonds. The molecule has 0 aliphatic carbocycles. The minimum atomic E-state index is -3.84. The fraction of sp³-hybridized carbons (Fsp3) is 0.500. The van der Waals surface area contributed by atoms with E-state index in [2.05, 4.69) is 10.5 Å². The molecule has 0 radical (unpaired) electrons. The van der Waals surface area contributed by atoms with Crippen molar-refractivity contribution in [1.82, 2.24) is 14.8 Å². The second-order valence-corrected chi connectivity index (χ2v) is 9.18. The Labute approximate surface area is 152 Å². The molecule has 1 N–H and O–H groups in total. The number of aryl methyl sites for hydroxylation is 2. The van der Waals surface area contributed by atoms with Crippen LogP contribution in [0.5, 0.6) is 0 Å². The summed E-state index contributed by atoms with van der Waals surface area (Å²) < 4.78 is 31.3. The maximum Gasteiger partial charge on any atom is 0.248 e. The minimum absolute atomic E-state index is 0.0152. The summed E-state index contributed by atoms with van der Waals surface area (Å²) in [6.07, 6.45) is 0. The van der Waals surface area contributed by atoms with Crippen molar-refractivity contribution in [2.75, 3.05) is 13.6 Å². The van der Waals surface area contributed by atoms with Crippen molar-refractivity contribution in [3.8, 4) is 0 Å². The van der Waals surface area contributed by atoms with E-state index in [1.807, 2.05) is 31.4 Å². The van der Waals surface area contributed by atoms with Crippen LogP contribution in [0.3, 0.4) is 0 Å². The summed E-state index contributed by atoms with van der Waals surface area (Å²) in [4.78, 5) is 13.5. The van der Waals surface area contributed by atoms with E-state index < -0.39 is 10.0 Å². The van der Waals surface area contributed by atoms with Crippen LogP contribution >= 0.6 is 11.3 Å². The number of likely N-dealkylation sites (N-methyl/N-ethyl adjacent to an activating group) is 1. The van der Waals surface area contributed by atoms with Crippen molar-refractivity contribution < 1.29 is 17.7 Å². The van der Waals surface area contributed by atoms with Crippen molar-refractivity contribution in [2.45, 2.75) is 38.6 Å². The zero-order valence-corrected chi connectivity index (χ0v) is 16.6. The second kappa shape index (κ2) is 7.67. The largest absolute Gasteiger partial charge is 0.360 e. The van der Waals surface area contributed by atoms with Gasteiger partial charge in [0.05, 0.1) is 12.6 Å². The van der Waals surface area contributed by atoms with E-state index in [-0.39, 0.29) is 40.8 Å². The molecule has 0 aromatic carbocycles. The third kappa shape index (κ3) is 4.28. The molecule has 0 saturated carbocycles. The third-order valence-electron chi connectivity index (χ3n) is 3.84. The molecule has 0 aliphatic rings. The molecule has 9 heteroatoms. The lowest BCUT2D eigenvalue weighted by Gasteiger charge is -2.23. The molecule has 2 heterocycles. The van der Waals surface area contributed by atoms with Gasteiger partial charge in [-0.2, -0.15) is 4.31 Å². The summed E-state index contributed by atoms with van der Waals surface area (Å²) in [6.45, 7) is 6.83. The van der Waals surface area contributed by atoms with Gasteiger partial charge >= 0.3 is 0 Å². The number of sulfonamides is 1. The van der Waals surface area contributed by atoms with Gasteiger partial charge in [0.1, 0.15) is 10.6 Å². The maximum atomic E-state index is 12.7. The molecule has 0 saturated heterocycles. The Morgan fingerprint density at radius 2 is 2.08 bits per heavy atom. The van der Waals surface area contributed by atoms with E-state index in [4.69, 9.17) is 4.52 Å². The number of carbonyl (C=O) groups excluding carboxylic acids is 1. The highest BCUT2D eigenvalue weighted by atomic mass is 32.2. The van der Waals surface area contributed by atoms with Crippen molar-refractivity contribution in [3.05, 3.63) is 33.8 Å². The van der Waals surface area contributed by atoms with Gasteiger partial charge in [-0.15, -0.1) is 11.3 Å². The number of rotatable bonds is 7. The Hall–Kier alpha value is -1.71. The molecule has 0 fully saturated rings. The molecule has 25 heavy (non-hydrogen) atoms. The monoisotopic (exact) mass is 385 g/mol. The molecule has 2 aromatic rings. The smallest absolute Gasteiger partial charge is 0.248 e. The van der Waals surface area contributed by atoms with Crippen LogP contribution in [0.2, 0.25) is 0 Å². The number of hydrogen-bond donors (Lipinski definition) is 1. The quantitative estimate of drug-likeness (QED) is 0.790. The predicted octanol–water partition coefficient (Wildman–Crippen LogP) is 2.49. The summed E-state index contributed by atoms with van der Waals surface area (Å²) in [5.41, 5.74) is 0.281. The lowest BCUT2D eigenvalue weighted by molar-refractivity contribution is -0.122. The molecule has 1 atom stereocenters. The molecule has 0 spiro atoms. The first-order chi connectivity index (χ1) is 11.6. The molecule has 2 aromatic heterocycles. The number of thiophene rings is 1. The fourth-order valence-electron chi connectivity index (χ4n) is 2.54. The third-order valence-corrected chi connectivity index (χ3v) is 6.84. The van der Waals surface area contributed by atoms with Gasteiger partial charge in [-0.3, -0.25) is 4.79 Å². The van der Waals surface area contributed by atoms with Crippen molar-refractivity contribution >= 4 is 27.3 Å². The van der Waals surface area contributed by atoms with E-state index in [9.17, 15) is 13.2 Å². The van der Waals surface area contributed by atoms with Crippen LogP contribution in [0.25, 0.3) is 0 Å². The first-order valence-corrected chi connectivity index (χ1v) is 10.2. The van der Waals surface area contributed by atoms with Crippen LogP contribution in [-0.2, 0) is 14.8 Å². The van der Waals surface area contributed by atoms with Gasteiger partial charge < -0.3 is 9.84 Å². The van der Waals surface area contributed by atoms with Gasteiger partial charge in [0, 0.05) is 11.9 Å². The SMILES string of the molecule is Cc1noc(C)c1S(=O)(=O)N(C)CC(=O)NC(c1cccs1)C(C)C. The number of hydrogen-bond acceptors (Lipinski definition) is 6. The zero-order chi connectivity index (χ0) is 18.8. The van der Waals surface area contributed by atoms with Gasteiger partial charge in [0.2, 0.25) is 15.9 Å². The van der Waals surface area contributed by atoms with Gasteiger partial charge in [0.15, 0.2) is 5.76 Å². The van der Waals surface area contributed by atoms with E-state index >= 15 is 0 Å². The zero-order valence-electron chi connectivity index (χ0n) is 14.9. The predicted molar refractivity (Wildman–Crippen MR) is 95.8 cm³/mol. The van der Waals surface area contributed by atoms with Gasteiger partial charge in [-0.05, 0) is 31.2 Å². The van der Waals surface area contributed by atoms with Crippen LogP contribution in [0.1, 0.15) is 36.2 Å². The van der Waals surface area contributed by atoms with Gasteiger partial charge in [0.25, 0.3) is 0 Å². The molecule has 138 valence electrons. The highest BCUT2D eigenvalue weighted by molar-refractivity contribution is 7.89. The van der Waals surface area contributed by atoms with Crippen molar-refractivity contribution in [3.63, 3.8) is 0 Å². The van der Waals surface area contributed by atoms with Crippen LogP contribution in [0.15, 0.2) is 26.9 Å². The molecule has 0 bridgehead atoms. The normalized spacial score (nSPS) is 13.4. The van der Waals surface area contributed by atoms with Crippen LogP contribution in [0, 0.1) is 19.8 Å². The number of nitrogens with one attached hydrogen (secondary N) is 1. The first kappa shape index (κ1) is 19.6. The number of aromatic nitrogens is 1. The average Bonchev–Trinajstić information content (AvgIpc) is 3.14. The molecule has 7 nitrogen and oxygen atoms in total. The number of nitrogens with zero attached hydrogens (tertiary/aromatic N) is 2. The van der Waals surface area contributed by atoms with Crippen LogP contribution in [0.4, 0.5) is 0 Å². The Bertz CT molecular complexity index is 806.